The number of nitrogens with one attached hydrogen (secondary N) is 1. The zero-order valence-corrected chi connectivity index (χ0v) is 8.32. The first-order valence-corrected chi connectivity index (χ1v) is 4.70. The SMILES string of the molecule is CC(C(=O)O)c1c(N)[nH]c2ccccc12. The standard InChI is InChI=1S/C11H12N2O2/c1-6(11(14)15)9-7-4-2-3-5-8(7)13-10(9)12/h2-6,13H,12H2,1H3,(H,14,15). The number of nitrogens with two attached hydrogens (primary N) is 1. The Balaban J connectivity index is 2.68. The van der Waals surface area contributed by atoms with Gasteiger partial charge in [-0.15, -0.1) is 0 Å². The molecule has 78 valence electrons. The molecule has 4 nitrogen and oxygen atoms in total. The first kappa shape index (κ1) is 9.58. The van der Waals surface area contributed by atoms with Crippen molar-refractivity contribution in [2.45, 2.75) is 12.8 Å². The number of para-hydroxylation sites is 1. The van der Waals surface area contributed by atoms with Crippen molar-refractivity contribution in [3.63, 3.8) is 0 Å². The van der Waals surface area contributed by atoms with Crippen molar-refractivity contribution in [2.24, 2.45) is 0 Å². The molecule has 0 amide bonds. The Labute approximate surface area is 86.7 Å². The third kappa shape index (κ3) is 1.44. The lowest BCUT2D eigenvalue weighted by Gasteiger charge is -2.05. The molecule has 1 atom stereocenters. The van der Waals surface area contributed by atoms with Crippen LogP contribution >= 0.6 is 0 Å². The van der Waals surface area contributed by atoms with Gasteiger partial charge in [0.2, 0.25) is 0 Å². The summed E-state index contributed by atoms with van der Waals surface area (Å²) >= 11 is 0. The number of hydrogen-bond donors (Lipinski definition) is 3. The quantitative estimate of drug-likeness (QED) is 0.699. The molecule has 1 aromatic heterocycles. The van der Waals surface area contributed by atoms with Crippen LogP contribution in [0.4, 0.5) is 5.82 Å². The van der Waals surface area contributed by atoms with Crippen molar-refractivity contribution < 1.29 is 9.90 Å². The molecule has 0 fully saturated rings. The second-order valence-electron chi connectivity index (χ2n) is 3.56. The second kappa shape index (κ2) is 3.31. The van der Waals surface area contributed by atoms with Gasteiger partial charge in [-0.2, -0.15) is 0 Å². The van der Waals surface area contributed by atoms with E-state index in [1.165, 1.54) is 0 Å². The Hall–Kier alpha value is -1.97. The van der Waals surface area contributed by atoms with E-state index in [-0.39, 0.29) is 0 Å². The summed E-state index contributed by atoms with van der Waals surface area (Å²) in [7, 11) is 0. The number of fused-ring (bicyclic) bond motifs is 1. The van der Waals surface area contributed by atoms with Gasteiger partial charge in [-0.3, -0.25) is 4.79 Å². The van der Waals surface area contributed by atoms with Crippen molar-refractivity contribution in [1.29, 1.82) is 0 Å². The van der Waals surface area contributed by atoms with Crippen molar-refractivity contribution in [1.82, 2.24) is 4.98 Å². The molecule has 0 aliphatic rings. The first-order valence-electron chi connectivity index (χ1n) is 4.70. The van der Waals surface area contributed by atoms with Crippen molar-refractivity contribution in [3.05, 3.63) is 29.8 Å². The average Bonchev–Trinajstić information content (AvgIpc) is 2.52. The molecule has 0 radical (unpaired) electrons. The molecule has 1 heterocycles. The fraction of sp³-hybridized carbons (Fsp3) is 0.182. The van der Waals surface area contributed by atoms with Gasteiger partial charge in [0.25, 0.3) is 0 Å². The number of carboxylic acids is 1. The van der Waals surface area contributed by atoms with Gasteiger partial charge >= 0.3 is 5.97 Å². The van der Waals surface area contributed by atoms with Gasteiger partial charge in [0.05, 0.1) is 5.92 Å². The normalized spacial score (nSPS) is 12.9. The highest BCUT2D eigenvalue weighted by molar-refractivity contribution is 5.93. The minimum atomic E-state index is -0.869. The number of anilines is 1. The van der Waals surface area contributed by atoms with E-state index >= 15 is 0 Å². The number of hydrogen-bond acceptors (Lipinski definition) is 2. The zero-order valence-electron chi connectivity index (χ0n) is 8.32. The van der Waals surface area contributed by atoms with Gasteiger partial charge in [-0.05, 0) is 13.0 Å². The molecule has 2 aromatic rings. The van der Waals surface area contributed by atoms with Gasteiger partial charge in [0.15, 0.2) is 0 Å². The lowest BCUT2D eigenvalue weighted by atomic mass is 10.00. The molecule has 0 aliphatic heterocycles. The van der Waals surface area contributed by atoms with E-state index in [1.54, 1.807) is 6.92 Å². The fourth-order valence-electron chi connectivity index (χ4n) is 1.77. The summed E-state index contributed by atoms with van der Waals surface area (Å²) in [6, 6.07) is 7.50. The Kier molecular flexibility index (Phi) is 2.11. The van der Waals surface area contributed by atoms with Crippen molar-refractivity contribution in [3.8, 4) is 0 Å². The molecular weight excluding hydrogens is 192 g/mol. The van der Waals surface area contributed by atoms with E-state index in [0.29, 0.717) is 11.4 Å². The van der Waals surface area contributed by atoms with Crippen LogP contribution < -0.4 is 5.73 Å². The average molecular weight is 204 g/mol. The number of aromatic amines is 1. The number of aliphatic carboxylic acids is 1. The van der Waals surface area contributed by atoms with Gasteiger partial charge in [-0.1, -0.05) is 18.2 Å². The van der Waals surface area contributed by atoms with E-state index in [2.05, 4.69) is 4.98 Å². The molecule has 0 saturated heterocycles. The van der Waals surface area contributed by atoms with Crippen LogP contribution in [-0.4, -0.2) is 16.1 Å². The number of rotatable bonds is 2. The van der Waals surface area contributed by atoms with E-state index in [1.807, 2.05) is 24.3 Å². The Morgan fingerprint density at radius 1 is 1.47 bits per heavy atom. The molecule has 1 aromatic carbocycles. The van der Waals surface area contributed by atoms with Crippen LogP contribution in [0, 0.1) is 0 Å². The number of carbonyl (C=O) groups is 1. The monoisotopic (exact) mass is 204 g/mol. The highest BCUT2D eigenvalue weighted by Gasteiger charge is 2.20. The van der Waals surface area contributed by atoms with E-state index in [4.69, 9.17) is 10.8 Å². The maximum absolute atomic E-state index is 10.9. The summed E-state index contributed by atoms with van der Waals surface area (Å²) < 4.78 is 0. The van der Waals surface area contributed by atoms with Crippen LogP contribution in [0.15, 0.2) is 24.3 Å². The summed E-state index contributed by atoms with van der Waals surface area (Å²) in [6.07, 6.45) is 0. The second-order valence-corrected chi connectivity index (χ2v) is 3.56. The largest absolute Gasteiger partial charge is 0.481 e. The maximum atomic E-state index is 10.9. The molecule has 1 unspecified atom stereocenters. The third-order valence-electron chi connectivity index (χ3n) is 2.58. The lowest BCUT2D eigenvalue weighted by Crippen LogP contribution is -2.08. The van der Waals surface area contributed by atoms with Crippen LogP contribution in [0.3, 0.4) is 0 Å². The Morgan fingerprint density at radius 2 is 2.13 bits per heavy atom. The molecule has 2 rings (SSSR count). The number of benzene rings is 1. The number of nitrogen functional groups attached to an aromatic ring is 1. The minimum Gasteiger partial charge on any atom is -0.481 e. The molecule has 4 heteroatoms. The highest BCUT2D eigenvalue weighted by atomic mass is 16.4. The van der Waals surface area contributed by atoms with Gasteiger partial charge in [0, 0.05) is 16.5 Å². The molecule has 4 N–H and O–H groups in total. The van der Waals surface area contributed by atoms with Crippen molar-refractivity contribution in [2.75, 3.05) is 5.73 Å². The minimum absolute atomic E-state index is 0.436. The molecule has 0 spiro atoms. The van der Waals surface area contributed by atoms with E-state index < -0.39 is 11.9 Å². The summed E-state index contributed by atoms with van der Waals surface area (Å²) in [6.45, 7) is 1.63. The van der Waals surface area contributed by atoms with E-state index in [0.717, 1.165) is 10.9 Å². The Morgan fingerprint density at radius 3 is 2.80 bits per heavy atom. The Bertz CT molecular complexity index is 516. The van der Waals surface area contributed by atoms with E-state index in [9.17, 15) is 4.79 Å². The van der Waals surface area contributed by atoms with Crippen LogP contribution in [0.1, 0.15) is 18.4 Å². The first-order chi connectivity index (χ1) is 7.11. The zero-order chi connectivity index (χ0) is 11.0. The third-order valence-corrected chi connectivity index (χ3v) is 2.58. The van der Waals surface area contributed by atoms with Crippen LogP contribution in [-0.2, 0) is 4.79 Å². The van der Waals surface area contributed by atoms with Crippen LogP contribution in [0.5, 0.6) is 0 Å². The highest BCUT2D eigenvalue weighted by Crippen LogP contribution is 2.30. The topological polar surface area (TPSA) is 79.1 Å². The summed E-state index contributed by atoms with van der Waals surface area (Å²) in [5.74, 6) is -1.03. The molecule has 0 bridgehead atoms. The number of H-pyrrole nitrogens is 1. The van der Waals surface area contributed by atoms with Gasteiger partial charge in [-0.25, -0.2) is 0 Å². The summed E-state index contributed by atoms with van der Waals surface area (Å²) in [4.78, 5) is 13.9. The molecule has 0 saturated carbocycles. The van der Waals surface area contributed by atoms with Crippen LogP contribution in [0.2, 0.25) is 0 Å². The smallest absolute Gasteiger partial charge is 0.310 e. The van der Waals surface area contributed by atoms with Gasteiger partial charge in [0.1, 0.15) is 5.82 Å². The summed E-state index contributed by atoms with van der Waals surface area (Å²) in [5, 5.41) is 9.85. The fourth-order valence-corrected chi connectivity index (χ4v) is 1.77. The molecule has 15 heavy (non-hydrogen) atoms. The summed E-state index contributed by atoms with van der Waals surface area (Å²) in [5.41, 5.74) is 7.31. The number of carboxylic acid groups (broad SMARTS) is 1. The number of aromatic nitrogens is 1. The van der Waals surface area contributed by atoms with Crippen LogP contribution in [0.25, 0.3) is 10.9 Å². The predicted octanol–water partition coefficient (Wildman–Crippen LogP) is 1.94. The maximum Gasteiger partial charge on any atom is 0.310 e. The van der Waals surface area contributed by atoms with Gasteiger partial charge < -0.3 is 15.8 Å². The molecule has 0 aliphatic carbocycles. The molecular formula is C11H12N2O2. The van der Waals surface area contributed by atoms with Crippen molar-refractivity contribution >= 4 is 22.7 Å². The predicted molar refractivity (Wildman–Crippen MR) is 58.8 cm³/mol. The lowest BCUT2D eigenvalue weighted by molar-refractivity contribution is -0.138.